The number of ether oxygens (including phenoxy) is 3. The monoisotopic (exact) mass is 533 g/mol. The van der Waals surface area contributed by atoms with Gasteiger partial charge in [-0.25, -0.2) is 0 Å². The van der Waals surface area contributed by atoms with Gasteiger partial charge in [0.05, 0.1) is 13.7 Å². The number of rotatable bonds is 14. The van der Waals surface area contributed by atoms with Crippen molar-refractivity contribution in [1.82, 2.24) is 4.90 Å². The first kappa shape index (κ1) is 28.9. The molecule has 0 aliphatic heterocycles. The number of hydrogen-bond acceptors (Lipinski definition) is 6. The van der Waals surface area contributed by atoms with Crippen LogP contribution in [-0.2, 0) is 11.2 Å². The van der Waals surface area contributed by atoms with Crippen LogP contribution in [0.3, 0.4) is 0 Å². The fraction of sp³-hybridized carbons (Fsp3) is 0.290. The van der Waals surface area contributed by atoms with Crippen molar-refractivity contribution < 1.29 is 23.8 Å². The standard InChI is InChI=1S/C31H35NO5S/c1-4-5-9-21-36-30-23-26(14-17-29(30)35-3)31(34)32(20-22-38-28-10-7-6-8-11-28)19-18-25-12-15-27(16-13-25)37-24(2)33/h6-8,10-17,20,22-23H,4-5,9,18-19,21H2,1-3H3. The molecule has 0 saturated carbocycles. The fourth-order valence-electron chi connectivity index (χ4n) is 3.69. The quantitative estimate of drug-likeness (QED) is 0.0950. The van der Waals surface area contributed by atoms with Crippen LogP contribution < -0.4 is 14.2 Å². The molecule has 0 bridgehead atoms. The molecule has 3 aromatic rings. The highest BCUT2D eigenvalue weighted by molar-refractivity contribution is 8.02. The zero-order valence-electron chi connectivity index (χ0n) is 22.2. The predicted octanol–water partition coefficient (Wildman–Crippen LogP) is 7.14. The molecule has 0 fully saturated rings. The number of carbonyl (C=O) groups excluding carboxylic acids is 2. The lowest BCUT2D eigenvalue weighted by molar-refractivity contribution is -0.131. The molecule has 0 aromatic heterocycles. The topological polar surface area (TPSA) is 65.1 Å². The van der Waals surface area contributed by atoms with Crippen molar-refractivity contribution >= 4 is 23.6 Å². The molecule has 6 nitrogen and oxygen atoms in total. The van der Waals surface area contributed by atoms with Crippen molar-refractivity contribution in [3.05, 3.63) is 95.5 Å². The van der Waals surface area contributed by atoms with Crippen LogP contribution in [0, 0.1) is 0 Å². The second-order valence-electron chi connectivity index (χ2n) is 8.62. The SMILES string of the molecule is CCCCCOc1cc(C(=O)N(C=CSc2ccccc2)CCc2ccc(OC(C)=O)cc2)ccc1OC. The van der Waals surface area contributed by atoms with Gasteiger partial charge in [-0.3, -0.25) is 9.59 Å². The van der Waals surface area contributed by atoms with Crippen LogP contribution in [-0.4, -0.2) is 37.0 Å². The van der Waals surface area contributed by atoms with Crippen molar-refractivity contribution in [2.24, 2.45) is 0 Å². The van der Waals surface area contributed by atoms with Gasteiger partial charge in [0, 0.05) is 30.1 Å². The normalized spacial score (nSPS) is 10.8. The molecule has 3 aromatic carbocycles. The summed E-state index contributed by atoms with van der Waals surface area (Å²) in [5.41, 5.74) is 1.55. The van der Waals surface area contributed by atoms with Gasteiger partial charge < -0.3 is 19.1 Å². The lowest BCUT2D eigenvalue weighted by Gasteiger charge is -2.20. The number of amides is 1. The van der Waals surface area contributed by atoms with Gasteiger partial charge >= 0.3 is 5.97 Å². The van der Waals surface area contributed by atoms with E-state index < -0.39 is 0 Å². The fourth-order valence-corrected chi connectivity index (χ4v) is 4.37. The first-order valence-corrected chi connectivity index (χ1v) is 13.7. The minimum Gasteiger partial charge on any atom is -0.493 e. The number of thioether (sulfide) groups is 1. The Morgan fingerprint density at radius 2 is 1.71 bits per heavy atom. The lowest BCUT2D eigenvalue weighted by atomic mass is 10.1. The van der Waals surface area contributed by atoms with Crippen LogP contribution in [0.1, 0.15) is 49.0 Å². The van der Waals surface area contributed by atoms with E-state index in [0.29, 0.717) is 42.4 Å². The van der Waals surface area contributed by atoms with E-state index in [9.17, 15) is 9.59 Å². The van der Waals surface area contributed by atoms with Gasteiger partial charge in [-0.1, -0.05) is 61.9 Å². The third-order valence-electron chi connectivity index (χ3n) is 5.69. The summed E-state index contributed by atoms with van der Waals surface area (Å²) in [5.74, 6) is 1.18. The molecule has 0 N–H and O–H groups in total. The second-order valence-corrected chi connectivity index (χ2v) is 9.60. The summed E-state index contributed by atoms with van der Waals surface area (Å²) in [6.07, 6.45) is 5.58. The number of unbranched alkanes of at least 4 members (excludes halogenated alkanes) is 2. The van der Waals surface area contributed by atoms with Crippen LogP contribution in [0.4, 0.5) is 0 Å². The predicted molar refractivity (Wildman–Crippen MR) is 152 cm³/mol. The van der Waals surface area contributed by atoms with Crippen molar-refractivity contribution in [2.75, 3.05) is 20.3 Å². The molecule has 0 aliphatic rings. The molecular formula is C31H35NO5S. The molecule has 3 rings (SSSR count). The maximum Gasteiger partial charge on any atom is 0.308 e. The Morgan fingerprint density at radius 3 is 2.39 bits per heavy atom. The molecule has 1 amide bonds. The summed E-state index contributed by atoms with van der Waals surface area (Å²) in [7, 11) is 1.60. The van der Waals surface area contributed by atoms with Crippen molar-refractivity contribution in [1.29, 1.82) is 0 Å². The summed E-state index contributed by atoms with van der Waals surface area (Å²) in [6.45, 7) is 4.56. The molecule has 7 heteroatoms. The highest BCUT2D eigenvalue weighted by Crippen LogP contribution is 2.29. The van der Waals surface area contributed by atoms with Crippen molar-refractivity contribution in [3.63, 3.8) is 0 Å². The summed E-state index contributed by atoms with van der Waals surface area (Å²) in [6, 6.07) is 22.6. The lowest BCUT2D eigenvalue weighted by Crippen LogP contribution is -2.28. The molecule has 38 heavy (non-hydrogen) atoms. The zero-order valence-corrected chi connectivity index (χ0v) is 23.0. The molecule has 200 valence electrons. The van der Waals surface area contributed by atoms with E-state index in [-0.39, 0.29) is 11.9 Å². The summed E-state index contributed by atoms with van der Waals surface area (Å²) >= 11 is 1.55. The zero-order chi connectivity index (χ0) is 27.2. The van der Waals surface area contributed by atoms with Gasteiger partial charge in [-0.05, 0) is 66.3 Å². The van der Waals surface area contributed by atoms with E-state index in [0.717, 1.165) is 29.7 Å². The van der Waals surface area contributed by atoms with E-state index in [4.69, 9.17) is 14.2 Å². The number of nitrogens with zero attached hydrogens (tertiary/aromatic N) is 1. The van der Waals surface area contributed by atoms with Gasteiger partial charge in [0.1, 0.15) is 5.75 Å². The average Bonchev–Trinajstić information content (AvgIpc) is 2.93. The Balaban J connectivity index is 1.77. The Hall–Kier alpha value is -3.71. The summed E-state index contributed by atoms with van der Waals surface area (Å²) in [4.78, 5) is 27.6. The minimum atomic E-state index is -0.358. The Labute approximate surface area is 229 Å². The average molecular weight is 534 g/mol. The number of hydrogen-bond donors (Lipinski definition) is 0. The number of carbonyl (C=O) groups is 2. The third-order valence-corrected chi connectivity index (χ3v) is 6.49. The maximum atomic E-state index is 13.6. The summed E-state index contributed by atoms with van der Waals surface area (Å²) < 4.78 is 16.5. The molecule has 0 spiro atoms. The van der Waals surface area contributed by atoms with E-state index in [1.165, 1.54) is 6.92 Å². The van der Waals surface area contributed by atoms with Crippen molar-refractivity contribution in [3.8, 4) is 17.2 Å². The van der Waals surface area contributed by atoms with E-state index in [1.807, 2.05) is 54.1 Å². The first-order valence-electron chi connectivity index (χ1n) is 12.8. The Bertz CT molecular complexity index is 1190. The van der Waals surface area contributed by atoms with Crippen molar-refractivity contribution in [2.45, 2.75) is 44.4 Å². The molecule has 0 saturated heterocycles. The van der Waals surface area contributed by atoms with Crippen LogP contribution in [0.2, 0.25) is 0 Å². The van der Waals surface area contributed by atoms with Crippen LogP contribution in [0.5, 0.6) is 17.2 Å². The summed E-state index contributed by atoms with van der Waals surface area (Å²) in [5, 5.41) is 1.92. The highest BCUT2D eigenvalue weighted by Gasteiger charge is 2.17. The second kappa shape index (κ2) is 15.5. The molecular weight excluding hydrogens is 498 g/mol. The van der Waals surface area contributed by atoms with E-state index in [1.54, 1.807) is 54.1 Å². The van der Waals surface area contributed by atoms with Gasteiger partial charge in [-0.15, -0.1) is 0 Å². The van der Waals surface area contributed by atoms with Gasteiger partial charge in [0.15, 0.2) is 11.5 Å². The molecule has 0 atom stereocenters. The van der Waals surface area contributed by atoms with Crippen LogP contribution in [0.15, 0.2) is 89.3 Å². The number of methoxy groups -OCH3 is 1. The Morgan fingerprint density at radius 1 is 0.947 bits per heavy atom. The number of benzene rings is 3. The first-order chi connectivity index (χ1) is 18.5. The number of esters is 1. The van der Waals surface area contributed by atoms with Gasteiger partial charge in [0.25, 0.3) is 5.91 Å². The molecule has 0 aliphatic carbocycles. The van der Waals surface area contributed by atoms with Gasteiger partial charge in [0.2, 0.25) is 0 Å². The van der Waals surface area contributed by atoms with E-state index >= 15 is 0 Å². The molecule has 0 heterocycles. The Kier molecular flexibility index (Phi) is 11.8. The van der Waals surface area contributed by atoms with Gasteiger partial charge in [-0.2, -0.15) is 0 Å². The maximum absolute atomic E-state index is 13.6. The smallest absolute Gasteiger partial charge is 0.308 e. The van der Waals surface area contributed by atoms with Crippen LogP contribution in [0.25, 0.3) is 0 Å². The highest BCUT2D eigenvalue weighted by atomic mass is 32.2. The van der Waals surface area contributed by atoms with Crippen LogP contribution >= 0.6 is 11.8 Å². The largest absolute Gasteiger partial charge is 0.493 e. The van der Waals surface area contributed by atoms with E-state index in [2.05, 4.69) is 6.92 Å². The minimum absolute atomic E-state index is 0.132. The molecule has 0 radical (unpaired) electrons. The third kappa shape index (κ3) is 9.30. The molecule has 0 unspecified atom stereocenters.